The molecule has 0 radical (unpaired) electrons. The Kier molecular flexibility index (Phi) is 5.70. The highest BCUT2D eigenvalue weighted by atomic mass is 32.1. The lowest BCUT2D eigenvalue weighted by Crippen LogP contribution is -1.99. The highest BCUT2D eigenvalue weighted by Gasteiger charge is 2.21. The van der Waals surface area contributed by atoms with E-state index in [-0.39, 0.29) is 0 Å². The van der Waals surface area contributed by atoms with Crippen LogP contribution in [0, 0.1) is 34.6 Å². The zero-order valence-electron chi connectivity index (χ0n) is 13.7. The fourth-order valence-electron chi connectivity index (χ4n) is 2.93. The van der Waals surface area contributed by atoms with Crippen molar-refractivity contribution in [2.45, 2.75) is 34.6 Å². The first-order valence-corrected chi connectivity index (χ1v) is 8.16. The molecular formula is C17H20O3S3. The molecule has 3 nitrogen and oxygen atoms in total. The van der Waals surface area contributed by atoms with E-state index in [1.54, 1.807) is 0 Å². The lowest BCUT2D eigenvalue weighted by atomic mass is 9.91. The Bertz CT molecular complexity index is 734. The van der Waals surface area contributed by atoms with Gasteiger partial charge in [-0.1, -0.05) is 0 Å². The fraction of sp³-hybridized carbons (Fsp3) is 0.294. The van der Waals surface area contributed by atoms with E-state index in [9.17, 15) is 0 Å². The number of rotatable bonds is 4. The molecule has 0 aromatic heterocycles. The van der Waals surface area contributed by atoms with Crippen molar-refractivity contribution >= 4 is 38.7 Å². The van der Waals surface area contributed by atoms with Gasteiger partial charge >= 0.3 is 0 Å². The second kappa shape index (κ2) is 7.20. The molecule has 0 atom stereocenters. The first-order valence-electron chi connectivity index (χ1n) is 7.06. The molecule has 0 fully saturated rings. The van der Waals surface area contributed by atoms with Gasteiger partial charge in [0.15, 0.2) is 0 Å². The monoisotopic (exact) mass is 368 g/mol. The second-order valence-corrected chi connectivity index (χ2v) is 6.17. The average molecular weight is 369 g/mol. The molecule has 0 amide bonds. The predicted molar refractivity (Wildman–Crippen MR) is 104 cm³/mol. The van der Waals surface area contributed by atoms with Gasteiger partial charge in [-0.3, -0.25) is 0 Å². The summed E-state index contributed by atoms with van der Waals surface area (Å²) in [7, 11) is 0. The summed E-state index contributed by atoms with van der Waals surface area (Å²) in [5, 5.41) is 0. The molecule has 0 saturated carbocycles. The van der Waals surface area contributed by atoms with Crippen LogP contribution in [0.25, 0.3) is 11.1 Å². The van der Waals surface area contributed by atoms with Gasteiger partial charge in [0.25, 0.3) is 0 Å². The number of hydrogen-bond donors (Lipinski definition) is 3. The summed E-state index contributed by atoms with van der Waals surface area (Å²) in [4.78, 5) is 0. The van der Waals surface area contributed by atoms with Gasteiger partial charge in [0.2, 0.25) is 0 Å². The smallest absolute Gasteiger partial charge is 0.148 e. The van der Waals surface area contributed by atoms with Gasteiger partial charge < -0.3 is 12.5 Å². The van der Waals surface area contributed by atoms with E-state index in [4.69, 9.17) is 12.5 Å². The Morgan fingerprint density at radius 3 is 1.48 bits per heavy atom. The Morgan fingerprint density at radius 2 is 1.04 bits per heavy atom. The molecule has 0 aliphatic heterocycles. The van der Waals surface area contributed by atoms with Crippen LogP contribution in [-0.2, 0) is 0 Å². The molecule has 0 bridgehead atoms. The third-order valence-electron chi connectivity index (χ3n) is 4.21. The predicted octanol–water partition coefficient (Wildman–Crippen LogP) is 5.57. The second-order valence-electron chi connectivity index (χ2n) is 5.62. The van der Waals surface area contributed by atoms with E-state index in [1.165, 1.54) is 0 Å². The molecule has 124 valence electrons. The first-order chi connectivity index (χ1) is 10.9. The molecule has 0 aliphatic rings. The molecule has 6 heteroatoms. The average Bonchev–Trinajstić information content (AvgIpc) is 2.50. The van der Waals surface area contributed by atoms with Crippen LogP contribution in [0.1, 0.15) is 27.8 Å². The normalized spacial score (nSPS) is 10.6. The topological polar surface area (TPSA) is 27.7 Å². The maximum atomic E-state index is 5.40. The molecule has 0 spiro atoms. The summed E-state index contributed by atoms with van der Waals surface area (Å²) in [6, 6.07) is 4.07. The minimum absolute atomic E-state index is 0.718. The number of aryl methyl sites for hydroxylation is 2. The standard InChI is InChI=1S/C17H20O3S3/c1-8-6-13(7-9(2)15(8)18-21)14-12(5)16(19-22)10(3)11(4)17(14)20-23/h6-7,21-23H,1-5H3. The van der Waals surface area contributed by atoms with Crippen molar-refractivity contribution in [2.75, 3.05) is 0 Å². The fourth-order valence-corrected chi connectivity index (χ4v) is 3.72. The minimum atomic E-state index is 0.718. The first kappa shape index (κ1) is 18.2. The van der Waals surface area contributed by atoms with Crippen LogP contribution in [0.3, 0.4) is 0 Å². The van der Waals surface area contributed by atoms with Gasteiger partial charge in [0, 0.05) is 49.9 Å². The van der Waals surface area contributed by atoms with Crippen molar-refractivity contribution in [3.8, 4) is 28.4 Å². The van der Waals surface area contributed by atoms with Crippen molar-refractivity contribution < 1.29 is 12.5 Å². The van der Waals surface area contributed by atoms with Crippen molar-refractivity contribution in [1.29, 1.82) is 0 Å². The van der Waals surface area contributed by atoms with Crippen LogP contribution in [0.5, 0.6) is 17.2 Å². The van der Waals surface area contributed by atoms with Crippen LogP contribution in [0.4, 0.5) is 0 Å². The summed E-state index contributed by atoms with van der Waals surface area (Å²) in [6.45, 7) is 9.90. The zero-order chi connectivity index (χ0) is 17.3. The third kappa shape index (κ3) is 3.12. The number of thiol groups is 3. The third-order valence-corrected chi connectivity index (χ3v) is 4.76. The molecule has 0 unspecified atom stereocenters. The molecule has 0 aliphatic carbocycles. The van der Waals surface area contributed by atoms with Gasteiger partial charge in [0.1, 0.15) is 17.2 Å². The maximum absolute atomic E-state index is 5.40. The van der Waals surface area contributed by atoms with E-state index in [0.29, 0.717) is 0 Å². The maximum Gasteiger partial charge on any atom is 0.148 e. The lowest BCUT2D eigenvalue weighted by molar-refractivity contribution is 0.624. The summed E-state index contributed by atoms with van der Waals surface area (Å²) in [5.41, 5.74) is 6.82. The summed E-state index contributed by atoms with van der Waals surface area (Å²) in [6.07, 6.45) is 0. The SMILES string of the molecule is Cc1cc(-c2c(C)c(OS)c(C)c(C)c2OS)cc(C)c1OS. The zero-order valence-corrected chi connectivity index (χ0v) is 16.4. The molecule has 23 heavy (non-hydrogen) atoms. The van der Waals surface area contributed by atoms with Gasteiger partial charge in [-0.05, 0) is 74.6 Å². The Labute approximate surface area is 154 Å². The molecule has 2 aromatic carbocycles. The van der Waals surface area contributed by atoms with Crippen molar-refractivity contribution in [2.24, 2.45) is 0 Å². The molecule has 2 rings (SSSR count). The molecule has 2 aromatic rings. The molecular weight excluding hydrogens is 348 g/mol. The van der Waals surface area contributed by atoms with Crippen LogP contribution in [0.2, 0.25) is 0 Å². The number of hydrogen-bond acceptors (Lipinski definition) is 6. The van der Waals surface area contributed by atoms with Crippen LogP contribution in [0.15, 0.2) is 12.1 Å². The number of benzene rings is 2. The van der Waals surface area contributed by atoms with Gasteiger partial charge in [-0.2, -0.15) is 0 Å². The van der Waals surface area contributed by atoms with Crippen LogP contribution in [-0.4, -0.2) is 0 Å². The Balaban J connectivity index is 2.85. The molecule has 0 N–H and O–H groups in total. The highest BCUT2D eigenvalue weighted by molar-refractivity contribution is 7.75. The van der Waals surface area contributed by atoms with E-state index < -0.39 is 0 Å². The Hall–Kier alpha value is -1.11. The van der Waals surface area contributed by atoms with Gasteiger partial charge in [0.05, 0.1) is 0 Å². The lowest BCUT2D eigenvalue weighted by Gasteiger charge is -2.20. The summed E-state index contributed by atoms with van der Waals surface area (Å²) >= 11 is 12.0. The summed E-state index contributed by atoms with van der Waals surface area (Å²) in [5.74, 6) is 2.22. The quantitative estimate of drug-likeness (QED) is 0.487. The van der Waals surface area contributed by atoms with Gasteiger partial charge in [-0.15, -0.1) is 0 Å². The van der Waals surface area contributed by atoms with Crippen molar-refractivity contribution in [3.63, 3.8) is 0 Å². The van der Waals surface area contributed by atoms with E-state index in [1.807, 2.05) is 46.8 Å². The van der Waals surface area contributed by atoms with Crippen LogP contribution < -0.4 is 12.5 Å². The van der Waals surface area contributed by atoms with E-state index >= 15 is 0 Å². The van der Waals surface area contributed by atoms with Gasteiger partial charge in [-0.25, -0.2) is 0 Å². The van der Waals surface area contributed by atoms with Crippen molar-refractivity contribution in [1.82, 2.24) is 0 Å². The van der Waals surface area contributed by atoms with E-state index in [0.717, 1.165) is 56.2 Å². The van der Waals surface area contributed by atoms with Crippen LogP contribution >= 0.6 is 38.7 Å². The molecule has 0 heterocycles. The highest BCUT2D eigenvalue weighted by Crippen LogP contribution is 2.45. The molecule has 0 saturated heterocycles. The van der Waals surface area contributed by atoms with E-state index in [2.05, 4.69) is 38.7 Å². The summed E-state index contributed by atoms with van der Waals surface area (Å²) < 4.78 is 15.8. The Morgan fingerprint density at radius 1 is 0.609 bits per heavy atom. The largest absolute Gasteiger partial charge is 0.428 e. The minimum Gasteiger partial charge on any atom is -0.428 e. The van der Waals surface area contributed by atoms with Crippen molar-refractivity contribution in [3.05, 3.63) is 39.9 Å².